The fourth-order valence-corrected chi connectivity index (χ4v) is 1.58. The number of anilines is 1. The van der Waals surface area contributed by atoms with E-state index in [0.717, 1.165) is 0 Å². The quantitative estimate of drug-likeness (QED) is 0.606. The van der Waals surface area contributed by atoms with Crippen LogP contribution in [0.3, 0.4) is 0 Å². The van der Waals surface area contributed by atoms with Crippen molar-refractivity contribution < 1.29 is 19.1 Å². The molecule has 110 valence electrons. The van der Waals surface area contributed by atoms with Crippen molar-refractivity contribution in [3.05, 3.63) is 23.8 Å². The molecular weight excluding hydrogens is 260 g/mol. The number of esters is 1. The number of likely N-dealkylation sites (N-methyl/N-ethyl adjacent to an activating group) is 1. The standard InChI is InChI=1S/C14H20N2O4/c1-4-16-13(17)9(3)20-12-8-10(15)6-7-11(12)14(18)19-5-2/h6-9H,4-5,15H2,1-3H3,(H,16,17). The van der Waals surface area contributed by atoms with Crippen molar-refractivity contribution in [1.82, 2.24) is 5.32 Å². The maximum absolute atomic E-state index is 11.8. The molecule has 1 aromatic rings. The number of nitrogens with one attached hydrogen (secondary N) is 1. The van der Waals surface area contributed by atoms with Crippen LogP contribution in [0.25, 0.3) is 0 Å². The summed E-state index contributed by atoms with van der Waals surface area (Å²) in [6.45, 7) is 5.90. The van der Waals surface area contributed by atoms with E-state index < -0.39 is 12.1 Å². The minimum absolute atomic E-state index is 0.238. The van der Waals surface area contributed by atoms with Crippen LogP contribution in [-0.4, -0.2) is 31.1 Å². The lowest BCUT2D eigenvalue weighted by Gasteiger charge is -2.16. The molecule has 0 fully saturated rings. The Bertz CT molecular complexity index is 488. The second-order valence-electron chi connectivity index (χ2n) is 4.13. The van der Waals surface area contributed by atoms with Crippen LogP contribution in [0.1, 0.15) is 31.1 Å². The molecule has 0 saturated carbocycles. The van der Waals surface area contributed by atoms with E-state index in [2.05, 4.69) is 5.32 Å². The third kappa shape index (κ3) is 4.15. The molecule has 0 aliphatic carbocycles. The Hall–Kier alpha value is -2.24. The Labute approximate surface area is 118 Å². The molecule has 1 amide bonds. The number of carbonyl (C=O) groups excluding carboxylic acids is 2. The zero-order valence-electron chi connectivity index (χ0n) is 11.9. The highest BCUT2D eigenvalue weighted by Gasteiger charge is 2.19. The number of amides is 1. The molecule has 0 heterocycles. The molecule has 0 bridgehead atoms. The smallest absolute Gasteiger partial charge is 0.341 e. The lowest BCUT2D eigenvalue weighted by Crippen LogP contribution is -2.36. The van der Waals surface area contributed by atoms with Crippen molar-refractivity contribution >= 4 is 17.6 Å². The minimum Gasteiger partial charge on any atom is -0.480 e. The van der Waals surface area contributed by atoms with Crippen molar-refractivity contribution in [2.45, 2.75) is 26.9 Å². The molecule has 3 N–H and O–H groups in total. The predicted molar refractivity (Wildman–Crippen MR) is 75.6 cm³/mol. The van der Waals surface area contributed by atoms with Gasteiger partial charge in [0.2, 0.25) is 0 Å². The van der Waals surface area contributed by atoms with Gasteiger partial charge in [-0.05, 0) is 32.9 Å². The van der Waals surface area contributed by atoms with Crippen LogP contribution in [0.2, 0.25) is 0 Å². The van der Waals surface area contributed by atoms with Crippen LogP contribution in [-0.2, 0) is 9.53 Å². The van der Waals surface area contributed by atoms with Gasteiger partial charge in [-0.1, -0.05) is 0 Å². The van der Waals surface area contributed by atoms with E-state index in [1.165, 1.54) is 12.1 Å². The summed E-state index contributed by atoms with van der Waals surface area (Å²) in [4.78, 5) is 23.5. The Balaban J connectivity index is 2.95. The Morgan fingerprint density at radius 2 is 2.05 bits per heavy atom. The van der Waals surface area contributed by atoms with E-state index >= 15 is 0 Å². The largest absolute Gasteiger partial charge is 0.480 e. The number of nitrogen functional groups attached to an aromatic ring is 1. The number of hydrogen-bond donors (Lipinski definition) is 2. The van der Waals surface area contributed by atoms with Gasteiger partial charge in [-0.2, -0.15) is 0 Å². The van der Waals surface area contributed by atoms with Gasteiger partial charge in [-0.25, -0.2) is 4.79 Å². The summed E-state index contributed by atoms with van der Waals surface area (Å²) in [6.07, 6.45) is -0.732. The van der Waals surface area contributed by atoms with Crippen molar-refractivity contribution in [3.8, 4) is 5.75 Å². The zero-order valence-corrected chi connectivity index (χ0v) is 11.9. The maximum Gasteiger partial charge on any atom is 0.341 e. The first-order chi connectivity index (χ1) is 9.49. The van der Waals surface area contributed by atoms with Crippen LogP contribution >= 0.6 is 0 Å². The molecule has 0 aliphatic rings. The lowest BCUT2D eigenvalue weighted by atomic mass is 10.2. The van der Waals surface area contributed by atoms with Crippen molar-refractivity contribution in [2.24, 2.45) is 0 Å². The molecule has 1 unspecified atom stereocenters. The summed E-state index contributed by atoms with van der Waals surface area (Å²) in [7, 11) is 0. The molecule has 0 saturated heterocycles. The average molecular weight is 280 g/mol. The summed E-state index contributed by atoms with van der Waals surface area (Å²) in [6, 6.07) is 4.60. The molecule has 1 rings (SSSR count). The number of carbonyl (C=O) groups is 2. The first kappa shape index (κ1) is 15.8. The second kappa shape index (κ2) is 7.37. The summed E-state index contributed by atoms with van der Waals surface area (Å²) in [5.74, 6) is -0.530. The molecule has 0 aromatic heterocycles. The Morgan fingerprint density at radius 3 is 2.65 bits per heavy atom. The SMILES string of the molecule is CCNC(=O)C(C)Oc1cc(N)ccc1C(=O)OCC. The van der Waals surface area contributed by atoms with E-state index in [-0.39, 0.29) is 23.8 Å². The van der Waals surface area contributed by atoms with Gasteiger partial charge in [0.1, 0.15) is 11.3 Å². The first-order valence-electron chi connectivity index (χ1n) is 6.50. The van der Waals surface area contributed by atoms with Gasteiger partial charge < -0.3 is 20.5 Å². The van der Waals surface area contributed by atoms with Crippen LogP contribution < -0.4 is 15.8 Å². The van der Waals surface area contributed by atoms with Gasteiger partial charge in [-0.15, -0.1) is 0 Å². The molecule has 1 atom stereocenters. The summed E-state index contributed by atoms with van der Waals surface area (Å²) >= 11 is 0. The van der Waals surface area contributed by atoms with E-state index in [9.17, 15) is 9.59 Å². The molecule has 6 nitrogen and oxygen atoms in total. The van der Waals surface area contributed by atoms with Crippen LogP contribution in [0, 0.1) is 0 Å². The van der Waals surface area contributed by atoms with Gasteiger partial charge in [0.15, 0.2) is 6.10 Å². The van der Waals surface area contributed by atoms with Gasteiger partial charge in [-0.3, -0.25) is 4.79 Å². The van der Waals surface area contributed by atoms with Crippen LogP contribution in [0.4, 0.5) is 5.69 Å². The van der Waals surface area contributed by atoms with E-state index in [1.54, 1.807) is 19.9 Å². The Kier molecular flexibility index (Phi) is 5.83. The molecule has 0 spiro atoms. The lowest BCUT2D eigenvalue weighted by molar-refractivity contribution is -0.127. The van der Waals surface area contributed by atoms with Crippen LogP contribution in [0.5, 0.6) is 5.75 Å². The highest BCUT2D eigenvalue weighted by atomic mass is 16.5. The number of rotatable bonds is 6. The Morgan fingerprint density at radius 1 is 1.35 bits per heavy atom. The van der Waals surface area contributed by atoms with Crippen LogP contribution in [0.15, 0.2) is 18.2 Å². The van der Waals surface area contributed by atoms with E-state index in [0.29, 0.717) is 12.2 Å². The molecule has 0 aliphatic heterocycles. The van der Waals surface area contributed by atoms with Gasteiger partial charge in [0, 0.05) is 18.3 Å². The van der Waals surface area contributed by atoms with E-state index in [1.807, 2.05) is 6.92 Å². The number of hydrogen-bond acceptors (Lipinski definition) is 5. The molecule has 20 heavy (non-hydrogen) atoms. The van der Waals surface area contributed by atoms with Crippen molar-refractivity contribution in [1.29, 1.82) is 0 Å². The molecule has 1 aromatic carbocycles. The summed E-state index contributed by atoms with van der Waals surface area (Å²) in [5, 5.41) is 2.64. The maximum atomic E-state index is 11.8. The highest BCUT2D eigenvalue weighted by Crippen LogP contribution is 2.24. The monoisotopic (exact) mass is 280 g/mol. The fraction of sp³-hybridized carbons (Fsp3) is 0.429. The van der Waals surface area contributed by atoms with Gasteiger partial charge >= 0.3 is 5.97 Å². The number of benzene rings is 1. The minimum atomic E-state index is -0.732. The zero-order chi connectivity index (χ0) is 15.1. The van der Waals surface area contributed by atoms with Gasteiger partial charge in [0.05, 0.1) is 6.61 Å². The summed E-state index contributed by atoms with van der Waals surface area (Å²) in [5.41, 5.74) is 6.37. The van der Waals surface area contributed by atoms with Gasteiger partial charge in [0.25, 0.3) is 5.91 Å². The van der Waals surface area contributed by atoms with E-state index in [4.69, 9.17) is 15.2 Å². The molecule has 6 heteroatoms. The fourth-order valence-electron chi connectivity index (χ4n) is 1.58. The second-order valence-corrected chi connectivity index (χ2v) is 4.13. The highest BCUT2D eigenvalue weighted by molar-refractivity contribution is 5.93. The number of ether oxygens (including phenoxy) is 2. The first-order valence-corrected chi connectivity index (χ1v) is 6.50. The molecular formula is C14H20N2O4. The average Bonchev–Trinajstić information content (AvgIpc) is 2.39. The topological polar surface area (TPSA) is 90.6 Å². The molecule has 0 radical (unpaired) electrons. The van der Waals surface area contributed by atoms with Crippen molar-refractivity contribution in [2.75, 3.05) is 18.9 Å². The summed E-state index contributed by atoms with van der Waals surface area (Å²) < 4.78 is 10.5. The predicted octanol–water partition coefficient (Wildman–Crippen LogP) is 1.35. The number of nitrogens with two attached hydrogens (primary N) is 1. The van der Waals surface area contributed by atoms with Crippen molar-refractivity contribution in [3.63, 3.8) is 0 Å². The third-order valence-electron chi connectivity index (χ3n) is 2.52. The normalized spacial score (nSPS) is 11.6. The third-order valence-corrected chi connectivity index (χ3v) is 2.52.